The number of carbonyl (C=O) groups excluding carboxylic acids is 2. The van der Waals surface area contributed by atoms with Crippen LogP contribution >= 0.6 is 22.9 Å². The number of hydrogen-bond donors (Lipinski definition) is 1. The molecule has 0 unspecified atom stereocenters. The maximum absolute atomic E-state index is 12.2. The summed E-state index contributed by atoms with van der Waals surface area (Å²) in [5.74, 6) is -0.236. The quantitative estimate of drug-likeness (QED) is 0.902. The Kier molecular flexibility index (Phi) is 5.01. The number of hydrogen-bond acceptors (Lipinski definition) is 5. The molecule has 0 bridgehead atoms. The van der Waals surface area contributed by atoms with Crippen LogP contribution in [0.5, 0.6) is 0 Å². The fraction of sp³-hybridized carbons (Fsp3) is 0.312. The maximum atomic E-state index is 12.2. The summed E-state index contributed by atoms with van der Waals surface area (Å²) in [4.78, 5) is 31.1. The lowest BCUT2D eigenvalue weighted by Crippen LogP contribution is -2.35. The second-order valence-corrected chi connectivity index (χ2v) is 6.74. The first kappa shape index (κ1) is 16.7. The van der Waals surface area contributed by atoms with Gasteiger partial charge in [0.15, 0.2) is 5.13 Å². The van der Waals surface area contributed by atoms with Crippen LogP contribution < -0.4 is 5.32 Å². The average molecular weight is 366 g/mol. The molecule has 1 aromatic carbocycles. The van der Waals surface area contributed by atoms with Gasteiger partial charge in [0.1, 0.15) is 0 Å². The van der Waals surface area contributed by atoms with Gasteiger partial charge in [-0.3, -0.25) is 10.1 Å². The minimum Gasteiger partial charge on any atom is -0.450 e. The number of amides is 2. The van der Waals surface area contributed by atoms with Crippen LogP contribution in [0.15, 0.2) is 24.3 Å². The average Bonchev–Trinajstić information content (AvgIpc) is 2.96. The molecule has 1 aliphatic heterocycles. The fourth-order valence-corrected chi connectivity index (χ4v) is 3.53. The van der Waals surface area contributed by atoms with Crippen molar-refractivity contribution < 1.29 is 14.3 Å². The normalized spacial score (nSPS) is 13.3. The summed E-state index contributed by atoms with van der Waals surface area (Å²) >= 11 is 7.20. The summed E-state index contributed by atoms with van der Waals surface area (Å²) < 4.78 is 5.03. The second kappa shape index (κ2) is 7.19. The van der Waals surface area contributed by atoms with Crippen LogP contribution in [0.1, 0.15) is 27.9 Å². The molecular formula is C16H16ClN3O3S. The second-order valence-electron chi connectivity index (χ2n) is 5.22. The molecule has 24 heavy (non-hydrogen) atoms. The number of thiazole rings is 1. The van der Waals surface area contributed by atoms with Gasteiger partial charge in [0.05, 0.1) is 18.8 Å². The van der Waals surface area contributed by atoms with Crippen LogP contribution in [0, 0.1) is 0 Å². The largest absolute Gasteiger partial charge is 0.450 e. The molecule has 0 radical (unpaired) electrons. The van der Waals surface area contributed by atoms with Crippen molar-refractivity contribution in [1.82, 2.24) is 9.88 Å². The molecule has 1 aromatic heterocycles. The van der Waals surface area contributed by atoms with Crippen molar-refractivity contribution in [2.75, 3.05) is 18.5 Å². The third kappa shape index (κ3) is 3.68. The number of benzene rings is 1. The number of fused-ring (bicyclic) bond motifs is 1. The summed E-state index contributed by atoms with van der Waals surface area (Å²) in [6.45, 7) is 3.17. The molecule has 0 atom stereocenters. The summed E-state index contributed by atoms with van der Waals surface area (Å²) in [5.41, 5.74) is 1.44. The number of carbonyl (C=O) groups is 2. The first-order valence-corrected chi connectivity index (χ1v) is 8.73. The zero-order chi connectivity index (χ0) is 17.1. The SMILES string of the molecule is CCOC(=O)N1CCc2nc(NC(=O)c3ccc(Cl)cc3)sc2C1. The maximum Gasteiger partial charge on any atom is 0.410 e. The van der Waals surface area contributed by atoms with Crippen molar-refractivity contribution in [3.63, 3.8) is 0 Å². The van der Waals surface area contributed by atoms with Crippen LogP contribution in [0.25, 0.3) is 0 Å². The van der Waals surface area contributed by atoms with Gasteiger partial charge in [-0.1, -0.05) is 22.9 Å². The Morgan fingerprint density at radius 3 is 2.83 bits per heavy atom. The molecule has 3 rings (SSSR count). The Labute approximate surface area is 148 Å². The van der Waals surface area contributed by atoms with Crippen molar-refractivity contribution in [3.05, 3.63) is 45.4 Å². The molecule has 6 nitrogen and oxygen atoms in total. The van der Waals surface area contributed by atoms with E-state index in [9.17, 15) is 9.59 Å². The Bertz CT molecular complexity index is 760. The molecule has 2 amide bonds. The Hall–Kier alpha value is -2.12. The zero-order valence-electron chi connectivity index (χ0n) is 13.0. The standard InChI is InChI=1S/C16H16ClN3O3S/c1-2-23-16(22)20-8-7-12-13(9-20)24-15(18-12)19-14(21)10-3-5-11(17)6-4-10/h3-6H,2,7-9H2,1H3,(H,18,19,21). The Morgan fingerprint density at radius 2 is 2.12 bits per heavy atom. The number of halogens is 1. The van der Waals surface area contributed by atoms with E-state index in [0.29, 0.717) is 41.8 Å². The molecule has 2 heterocycles. The molecule has 0 fully saturated rings. The van der Waals surface area contributed by atoms with Crippen LogP contribution in [-0.2, 0) is 17.7 Å². The molecule has 126 valence electrons. The van der Waals surface area contributed by atoms with Gasteiger partial charge in [0, 0.05) is 28.4 Å². The number of ether oxygens (including phenoxy) is 1. The van der Waals surface area contributed by atoms with Crippen molar-refractivity contribution >= 4 is 40.1 Å². The molecule has 2 aromatic rings. The highest BCUT2D eigenvalue weighted by molar-refractivity contribution is 7.15. The highest BCUT2D eigenvalue weighted by Crippen LogP contribution is 2.29. The molecule has 0 aliphatic carbocycles. The van der Waals surface area contributed by atoms with E-state index in [-0.39, 0.29) is 12.0 Å². The number of nitrogens with one attached hydrogen (secondary N) is 1. The van der Waals surface area contributed by atoms with Crippen molar-refractivity contribution in [2.45, 2.75) is 19.9 Å². The van der Waals surface area contributed by atoms with Gasteiger partial charge in [-0.05, 0) is 31.2 Å². The minimum absolute atomic E-state index is 0.236. The lowest BCUT2D eigenvalue weighted by Gasteiger charge is -2.24. The van der Waals surface area contributed by atoms with Crippen molar-refractivity contribution in [1.29, 1.82) is 0 Å². The van der Waals surface area contributed by atoms with Crippen LogP contribution in [0.2, 0.25) is 5.02 Å². The smallest absolute Gasteiger partial charge is 0.410 e. The molecule has 8 heteroatoms. The fourth-order valence-electron chi connectivity index (χ4n) is 2.39. The van der Waals surface area contributed by atoms with E-state index >= 15 is 0 Å². The molecule has 1 N–H and O–H groups in total. The van der Waals surface area contributed by atoms with E-state index in [1.807, 2.05) is 0 Å². The molecular weight excluding hydrogens is 350 g/mol. The van der Waals surface area contributed by atoms with E-state index in [0.717, 1.165) is 10.6 Å². The summed E-state index contributed by atoms with van der Waals surface area (Å²) in [7, 11) is 0. The summed E-state index contributed by atoms with van der Waals surface area (Å²) in [5, 5.41) is 3.91. The van der Waals surface area contributed by atoms with Crippen LogP contribution in [0.3, 0.4) is 0 Å². The van der Waals surface area contributed by atoms with Gasteiger partial charge in [-0.15, -0.1) is 0 Å². The summed E-state index contributed by atoms with van der Waals surface area (Å²) in [6.07, 6.45) is 0.338. The Morgan fingerprint density at radius 1 is 1.38 bits per heavy atom. The number of nitrogens with zero attached hydrogens (tertiary/aromatic N) is 2. The van der Waals surface area contributed by atoms with E-state index in [1.165, 1.54) is 11.3 Å². The minimum atomic E-state index is -0.316. The van der Waals surface area contributed by atoms with Crippen LogP contribution in [-0.4, -0.2) is 35.0 Å². The monoisotopic (exact) mass is 365 g/mol. The molecule has 0 saturated carbocycles. The van der Waals surface area contributed by atoms with Crippen LogP contribution in [0.4, 0.5) is 9.93 Å². The Balaban J connectivity index is 1.68. The predicted molar refractivity (Wildman–Crippen MR) is 92.7 cm³/mol. The highest BCUT2D eigenvalue weighted by atomic mass is 35.5. The highest BCUT2D eigenvalue weighted by Gasteiger charge is 2.25. The molecule has 1 aliphatic rings. The predicted octanol–water partition coefficient (Wildman–Crippen LogP) is 3.56. The van der Waals surface area contributed by atoms with E-state index in [4.69, 9.17) is 16.3 Å². The van der Waals surface area contributed by atoms with Gasteiger partial charge in [0.2, 0.25) is 0 Å². The van der Waals surface area contributed by atoms with Gasteiger partial charge in [-0.2, -0.15) is 0 Å². The van der Waals surface area contributed by atoms with Crippen molar-refractivity contribution in [2.24, 2.45) is 0 Å². The number of anilines is 1. The van der Waals surface area contributed by atoms with E-state index in [2.05, 4.69) is 10.3 Å². The first-order chi connectivity index (χ1) is 11.6. The van der Waals surface area contributed by atoms with Gasteiger partial charge in [0.25, 0.3) is 5.91 Å². The zero-order valence-corrected chi connectivity index (χ0v) is 14.6. The third-order valence-corrected chi connectivity index (χ3v) is 4.83. The lowest BCUT2D eigenvalue weighted by molar-refractivity contribution is 0.102. The topological polar surface area (TPSA) is 71.5 Å². The van der Waals surface area contributed by atoms with E-state index in [1.54, 1.807) is 36.1 Å². The van der Waals surface area contributed by atoms with Gasteiger partial charge in [-0.25, -0.2) is 9.78 Å². The van der Waals surface area contributed by atoms with Crippen molar-refractivity contribution in [3.8, 4) is 0 Å². The third-order valence-electron chi connectivity index (χ3n) is 3.58. The van der Waals surface area contributed by atoms with Gasteiger partial charge >= 0.3 is 6.09 Å². The van der Waals surface area contributed by atoms with Gasteiger partial charge < -0.3 is 9.64 Å². The first-order valence-electron chi connectivity index (χ1n) is 7.54. The summed E-state index contributed by atoms with van der Waals surface area (Å²) in [6, 6.07) is 6.66. The lowest BCUT2D eigenvalue weighted by atomic mass is 10.2. The number of aromatic nitrogens is 1. The van der Waals surface area contributed by atoms with E-state index < -0.39 is 0 Å². The molecule has 0 spiro atoms. The number of rotatable bonds is 3. The molecule has 0 saturated heterocycles.